The average molecular weight is 314 g/mol. The molecule has 116 valence electrons. The van der Waals surface area contributed by atoms with E-state index in [2.05, 4.69) is 27.4 Å². The van der Waals surface area contributed by atoms with Gasteiger partial charge in [-0.15, -0.1) is 11.3 Å². The summed E-state index contributed by atoms with van der Waals surface area (Å²) in [6, 6.07) is 10.4. The highest BCUT2D eigenvalue weighted by Crippen LogP contribution is 2.33. The lowest BCUT2D eigenvalue weighted by molar-refractivity contribution is -0.135. The van der Waals surface area contributed by atoms with E-state index in [9.17, 15) is 4.79 Å². The molecule has 0 spiro atoms. The van der Waals surface area contributed by atoms with Crippen molar-refractivity contribution in [2.24, 2.45) is 0 Å². The second-order valence-electron chi connectivity index (χ2n) is 5.91. The van der Waals surface area contributed by atoms with Gasteiger partial charge in [0.15, 0.2) is 0 Å². The number of nitrogens with zero attached hydrogens (tertiary/aromatic N) is 2. The normalized spacial score (nSPS) is 18.4. The predicted molar refractivity (Wildman–Crippen MR) is 89.9 cm³/mol. The predicted octanol–water partition coefficient (Wildman–Crippen LogP) is 4.14. The van der Waals surface area contributed by atoms with Crippen LogP contribution in [-0.2, 0) is 11.2 Å². The SMILES string of the molecule is Cc1csc([C@@H]2CCCCN2C(=O)CCc2ccccc2)n1. The first-order valence-electron chi connectivity index (χ1n) is 7.99. The monoisotopic (exact) mass is 314 g/mol. The Balaban J connectivity index is 1.66. The minimum Gasteiger partial charge on any atom is -0.333 e. The molecular formula is C18H22N2OS. The molecular weight excluding hydrogens is 292 g/mol. The lowest BCUT2D eigenvalue weighted by Gasteiger charge is -2.34. The molecule has 1 aromatic carbocycles. The van der Waals surface area contributed by atoms with E-state index in [1.807, 2.05) is 25.1 Å². The van der Waals surface area contributed by atoms with Crippen LogP contribution >= 0.6 is 11.3 Å². The number of carbonyl (C=O) groups excluding carboxylic acids is 1. The van der Waals surface area contributed by atoms with E-state index in [1.165, 1.54) is 12.0 Å². The van der Waals surface area contributed by atoms with Gasteiger partial charge in [-0.1, -0.05) is 30.3 Å². The molecule has 4 heteroatoms. The van der Waals surface area contributed by atoms with Gasteiger partial charge in [0.1, 0.15) is 5.01 Å². The zero-order valence-corrected chi connectivity index (χ0v) is 13.8. The Hall–Kier alpha value is -1.68. The second-order valence-corrected chi connectivity index (χ2v) is 6.80. The fourth-order valence-corrected chi connectivity index (χ4v) is 3.99. The molecule has 1 aliphatic heterocycles. The number of amides is 1. The van der Waals surface area contributed by atoms with Gasteiger partial charge < -0.3 is 4.90 Å². The number of likely N-dealkylation sites (tertiary alicyclic amines) is 1. The van der Waals surface area contributed by atoms with Crippen molar-refractivity contribution in [3.05, 3.63) is 52.0 Å². The number of hydrogen-bond acceptors (Lipinski definition) is 3. The zero-order valence-electron chi connectivity index (χ0n) is 13.0. The Morgan fingerprint density at radius 3 is 2.86 bits per heavy atom. The van der Waals surface area contributed by atoms with E-state index in [-0.39, 0.29) is 11.9 Å². The van der Waals surface area contributed by atoms with Crippen LogP contribution in [-0.4, -0.2) is 22.3 Å². The second kappa shape index (κ2) is 7.05. The minimum absolute atomic E-state index is 0.190. The summed E-state index contributed by atoms with van der Waals surface area (Å²) in [5.74, 6) is 0.265. The lowest BCUT2D eigenvalue weighted by Crippen LogP contribution is -2.38. The molecule has 0 unspecified atom stereocenters. The smallest absolute Gasteiger partial charge is 0.223 e. The summed E-state index contributed by atoms with van der Waals surface area (Å²) >= 11 is 1.69. The van der Waals surface area contributed by atoms with Crippen LogP contribution in [0.15, 0.2) is 35.7 Å². The van der Waals surface area contributed by atoms with Gasteiger partial charge in [-0.05, 0) is 38.2 Å². The van der Waals surface area contributed by atoms with Crippen LogP contribution in [0, 0.1) is 6.92 Å². The number of benzene rings is 1. The Morgan fingerprint density at radius 1 is 1.32 bits per heavy atom. The summed E-state index contributed by atoms with van der Waals surface area (Å²) in [7, 11) is 0. The number of aromatic nitrogens is 1. The molecule has 0 radical (unpaired) electrons. The third kappa shape index (κ3) is 3.55. The standard InChI is InChI=1S/C18H22N2OS/c1-14-13-22-18(19-14)16-9-5-6-12-20(16)17(21)11-10-15-7-3-2-4-8-15/h2-4,7-8,13,16H,5-6,9-12H2,1H3/t16-/m0/s1. The minimum atomic E-state index is 0.190. The third-order valence-electron chi connectivity index (χ3n) is 4.22. The van der Waals surface area contributed by atoms with E-state index in [0.29, 0.717) is 6.42 Å². The van der Waals surface area contributed by atoms with E-state index in [1.54, 1.807) is 11.3 Å². The molecule has 1 saturated heterocycles. The van der Waals surface area contributed by atoms with Crippen LogP contribution in [0.5, 0.6) is 0 Å². The van der Waals surface area contributed by atoms with Gasteiger partial charge in [0, 0.05) is 24.0 Å². The average Bonchev–Trinajstić information content (AvgIpc) is 3.00. The highest BCUT2D eigenvalue weighted by molar-refractivity contribution is 7.09. The van der Waals surface area contributed by atoms with Crippen LogP contribution in [0.2, 0.25) is 0 Å². The van der Waals surface area contributed by atoms with Crippen LogP contribution in [0.25, 0.3) is 0 Å². The van der Waals surface area contributed by atoms with Crippen LogP contribution < -0.4 is 0 Å². The van der Waals surface area contributed by atoms with Crippen molar-refractivity contribution in [1.29, 1.82) is 0 Å². The van der Waals surface area contributed by atoms with Gasteiger partial charge in [-0.25, -0.2) is 4.98 Å². The number of hydrogen-bond donors (Lipinski definition) is 0. The Morgan fingerprint density at radius 2 is 2.14 bits per heavy atom. The number of carbonyl (C=O) groups is 1. The van der Waals surface area contributed by atoms with Crippen molar-refractivity contribution in [3.8, 4) is 0 Å². The molecule has 3 nitrogen and oxygen atoms in total. The first-order chi connectivity index (χ1) is 10.7. The molecule has 2 heterocycles. The molecule has 1 aromatic heterocycles. The van der Waals surface area contributed by atoms with Gasteiger partial charge in [0.05, 0.1) is 6.04 Å². The molecule has 1 atom stereocenters. The number of aryl methyl sites for hydroxylation is 2. The first kappa shape index (κ1) is 15.2. The summed E-state index contributed by atoms with van der Waals surface area (Å²) in [6.45, 7) is 2.89. The van der Waals surface area contributed by atoms with E-state index in [0.717, 1.165) is 36.5 Å². The number of thiazole rings is 1. The summed E-state index contributed by atoms with van der Waals surface area (Å²) in [5, 5.41) is 3.18. The van der Waals surface area contributed by atoms with Gasteiger partial charge in [-0.2, -0.15) is 0 Å². The lowest BCUT2D eigenvalue weighted by atomic mass is 10.0. The molecule has 2 aromatic rings. The maximum atomic E-state index is 12.7. The molecule has 0 bridgehead atoms. The fourth-order valence-electron chi connectivity index (χ4n) is 3.05. The zero-order chi connectivity index (χ0) is 15.4. The third-order valence-corrected chi connectivity index (χ3v) is 5.28. The number of piperidine rings is 1. The van der Waals surface area contributed by atoms with Crippen molar-refractivity contribution in [3.63, 3.8) is 0 Å². The van der Waals surface area contributed by atoms with Crippen LogP contribution in [0.4, 0.5) is 0 Å². The Labute approximate surface area is 136 Å². The molecule has 0 saturated carbocycles. The highest BCUT2D eigenvalue weighted by atomic mass is 32.1. The first-order valence-corrected chi connectivity index (χ1v) is 8.87. The topological polar surface area (TPSA) is 33.2 Å². The Bertz CT molecular complexity index is 623. The molecule has 3 rings (SSSR count). The molecule has 1 aliphatic rings. The van der Waals surface area contributed by atoms with E-state index in [4.69, 9.17) is 0 Å². The van der Waals surface area contributed by atoms with Crippen molar-refractivity contribution in [2.75, 3.05) is 6.54 Å². The van der Waals surface area contributed by atoms with Gasteiger partial charge in [0.25, 0.3) is 0 Å². The van der Waals surface area contributed by atoms with Crippen molar-refractivity contribution in [2.45, 2.75) is 45.1 Å². The maximum absolute atomic E-state index is 12.7. The largest absolute Gasteiger partial charge is 0.333 e. The summed E-state index contributed by atoms with van der Waals surface area (Å²) < 4.78 is 0. The maximum Gasteiger partial charge on any atom is 0.223 e. The van der Waals surface area contributed by atoms with Crippen LogP contribution in [0.1, 0.15) is 48.0 Å². The van der Waals surface area contributed by atoms with Crippen molar-refractivity contribution >= 4 is 17.2 Å². The van der Waals surface area contributed by atoms with Gasteiger partial charge >= 0.3 is 0 Å². The quantitative estimate of drug-likeness (QED) is 0.850. The highest BCUT2D eigenvalue weighted by Gasteiger charge is 2.29. The van der Waals surface area contributed by atoms with Gasteiger partial charge in [-0.3, -0.25) is 4.79 Å². The van der Waals surface area contributed by atoms with E-state index < -0.39 is 0 Å². The van der Waals surface area contributed by atoms with Crippen molar-refractivity contribution < 1.29 is 4.79 Å². The molecule has 1 amide bonds. The molecule has 22 heavy (non-hydrogen) atoms. The molecule has 0 aliphatic carbocycles. The summed E-state index contributed by atoms with van der Waals surface area (Å²) in [6.07, 6.45) is 4.75. The summed E-state index contributed by atoms with van der Waals surface area (Å²) in [5.41, 5.74) is 2.29. The molecule has 0 N–H and O–H groups in total. The van der Waals surface area contributed by atoms with Gasteiger partial charge in [0.2, 0.25) is 5.91 Å². The van der Waals surface area contributed by atoms with Crippen molar-refractivity contribution in [1.82, 2.24) is 9.88 Å². The van der Waals surface area contributed by atoms with E-state index >= 15 is 0 Å². The fraction of sp³-hybridized carbons (Fsp3) is 0.444. The van der Waals surface area contributed by atoms with Crippen LogP contribution in [0.3, 0.4) is 0 Å². The molecule has 1 fully saturated rings. The Kier molecular flexibility index (Phi) is 4.88. The number of rotatable bonds is 4. The summed E-state index contributed by atoms with van der Waals surface area (Å²) in [4.78, 5) is 19.3.